The summed E-state index contributed by atoms with van der Waals surface area (Å²) in [7, 11) is 1.66. The van der Waals surface area contributed by atoms with E-state index in [1.165, 1.54) is 5.56 Å². The molecule has 4 aliphatic rings. The Labute approximate surface area is 171 Å². The van der Waals surface area contributed by atoms with E-state index in [1.54, 1.807) is 7.11 Å². The van der Waals surface area contributed by atoms with Gasteiger partial charge in [-0.25, -0.2) is 0 Å². The van der Waals surface area contributed by atoms with E-state index in [2.05, 4.69) is 11.1 Å². The van der Waals surface area contributed by atoms with Gasteiger partial charge in [-0.05, 0) is 36.6 Å². The van der Waals surface area contributed by atoms with Crippen molar-refractivity contribution < 1.29 is 14.3 Å². The molecule has 1 aromatic rings. The summed E-state index contributed by atoms with van der Waals surface area (Å²) in [5.74, 6) is 1.80. The maximum atomic E-state index is 13.3. The molecule has 3 unspecified atom stereocenters. The minimum absolute atomic E-state index is 0.000291. The summed E-state index contributed by atoms with van der Waals surface area (Å²) < 4.78 is 11.3. The normalized spacial score (nSPS) is 28.7. The van der Waals surface area contributed by atoms with Gasteiger partial charge in [0.05, 0.1) is 25.7 Å². The van der Waals surface area contributed by atoms with Crippen LogP contribution in [0.2, 0.25) is 0 Å². The molecule has 152 valence electrons. The second kappa shape index (κ2) is 7.02. The molecule has 0 bridgehead atoms. The van der Waals surface area contributed by atoms with E-state index in [-0.39, 0.29) is 29.2 Å². The van der Waals surface area contributed by atoms with E-state index >= 15 is 0 Å². The highest BCUT2D eigenvalue weighted by Crippen LogP contribution is 2.46. The van der Waals surface area contributed by atoms with Crippen LogP contribution in [0, 0.1) is 11.8 Å². The van der Waals surface area contributed by atoms with Crippen LogP contribution >= 0.6 is 0 Å². The van der Waals surface area contributed by atoms with Crippen molar-refractivity contribution in [3.8, 4) is 5.75 Å². The summed E-state index contributed by atoms with van der Waals surface area (Å²) in [6.45, 7) is 2.71. The zero-order valence-corrected chi connectivity index (χ0v) is 16.7. The van der Waals surface area contributed by atoms with Crippen molar-refractivity contribution in [1.82, 2.24) is 4.90 Å². The monoisotopic (exact) mass is 393 g/mol. The molecule has 0 saturated carbocycles. The molecule has 1 aromatic carbocycles. The first-order valence-electron chi connectivity index (χ1n) is 10.4. The maximum Gasteiger partial charge on any atom is 0.231 e. The van der Waals surface area contributed by atoms with Gasteiger partial charge in [0, 0.05) is 42.7 Å². The predicted molar refractivity (Wildman–Crippen MR) is 111 cm³/mol. The summed E-state index contributed by atoms with van der Waals surface area (Å²) in [6, 6.07) is 6.31. The van der Waals surface area contributed by atoms with Crippen LogP contribution in [0.25, 0.3) is 0 Å². The lowest BCUT2D eigenvalue weighted by molar-refractivity contribution is -0.135. The maximum absolute atomic E-state index is 13.3. The van der Waals surface area contributed by atoms with Gasteiger partial charge in [-0.1, -0.05) is 18.2 Å². The molecule has 5 rings (SSSR count). The first-order chi connectivity index (χ1) is 14.1. The third-order valence-electron chi connectivity index (χ3n) is 6.95. The van der Waals surface area contributed by atoms with E-state index in [4.69, 9.17) is 15.2 Å². The number of piperidine rings is 1. The molecule has 2 N–H and O–H groups in total. The number of carbonyl (C=O) groups excluding carboxylic acids is 1. The van der Waals surface area contributed by atoms with Crippen molar-refractivity contribution >= 4 is 12.1 Å². The zero-order valence-electron chi connectivity index (χ0n) is 16.7. The van der Waals surface area contributed by atoms with E-state index in [1.807, 2.05) is 41.5 Å². The number of aliphatic imine (C=N–C) groups is 1. The Kier molecular flexibility index (Phi) is 4.46. The van der Waals surface area contributed by atoms with Gasteiger partial charge in [0.15, 0.2) is 0 Å². The Morgan fingerprint density at radius 3 is 2.97 bits per heavy atom. The third kappa shape index (κ3) is 2.97. The highest BCUT2D eigenvalue weighted by Gasteiger charge is 2.46. The molecule has 1 aliphatic carbocycles. The number of benzene rings is 1. The summed E-state index contributed by atoms with van der Waals surface area (Å²) >= 11 is 0. The lowest BCUT2D eigenvalue weighted by Crippen LogP contribution is -2.49. The average Bonchev–Trinajstić information content (AvgIpc) is 3.35. The number of rotatable bonds is 3. The Balaban J connectivity index is 1.30. The fourth-order valence-electron chi connectivity index (χ4n) is 5.10. The van der Waals surface area contributed by atoms with Gasteiger partial charge in [0.25, 0.3) is 0 Å². The van der Waals surface area contributed by atoms with Crippen LogP contribution in [-0.4, -0.2) is 49.9 Å². The molecule has 6 heteroatoms. The first-order valence-corrected chi connectivity index (χ1v) is 10.4. The Morgan fingerprint density at radius 2 is 2.21 bits per heavy atom. The van der Waals surface area contributed by atoms with Gasteiger partial charge in [-0.15, -0.1) is 0 Å². The second-order valence-electron chi connectivity index (χ2n) is 8.45. The van der Waals surface area contributed by atoms with E-state index in [0.717, 1.165) is 43.0 Å². The molecule has 0 aromatic heterocycles. The van der Waals surface area contributed by atoms with E-state index in [0.29, 0.717) is 13.2 Å². The van der Waals surface area contributed by atoms with Crippen molar-refractivity contribution in [2.24, 2.45) is 22.6 Å². The number of fused-ring (bicyclic) bond motifs is 3. The zero-order chi connectivity index (χ0) is 20.0. The minimum atomic E-state index is -0.208. The molecule has 3 atom stereocenters. The van der Waals surface area contributed by atoms with Crippen LogP contribution < -0.4 is 10.5 Å². The summed E-state index contributed by atoms with van der Waals surface area (Å²) in [5, 5.41) is 0. The van der Waals surface area contributed by atoms with Crippen LogP contribution in [0.3, 0.4) is 0 Å². The van der Waals surface area contributed by atoms with Crippen LogP contribution in [-0.2, 0) is 21.5 Å². The number of nitrogens with two attached hydrogens (primary N) is 1. The van der Waals surface area contributed by atoms with Gasteiger partial charge < -0.3 is 20.1 Å². The van der Waals surface area contributed by atoms with Crippen LogP contribution in [0.15, 0.2) is 47.2 Å². The predicted octanol–water partition coefficient (Wildman–Crippen LogP) is 2.18. The van der Waals surface area contributed by atoms with Crippen molar-refractivity contribution in [2.45, 2.75) is 30.8 Å². The lowest BCUT2D eigenvalue weighted by Gasteiger charge is -2.40. The average molecular weight is 393 g/mol. The molecule has 1 amide bonds. The second-order valence-corrected chi connectivity index (χ2v) is 8.45. The van der Waals surface area contributed by atoms with Gasteiger partial charge >= 0.3 is 0 Å². The molecule has 3 heterocycles. The summed E-state index contributed by atoms with van der Waals surface area (Å²) in [5.41, 5.74) is 8.24. The number of hydrogen-bond acceptors (Lipinski definition) is 5. The lowest BCUT2D eigenvalue weighted by atomic mass is 9.73. The number of ether oxygens (including phenoxy) is 2. The van der Waals surface area contributed by atoms with Crippen LogP contribution in [0.5, 0.6) is 5.75 Å². The van der Waals surface area contributed by atoms with E-state index < -0.39 is 0 Å². The number of methoxy groups -OCH3 is 1. The largest absolute Gasteiger partial charge is 0.497 e. The van der Waals surface area contributed by atoms with Crippen molar-refractivity contribution in [3.63, 3.8) is 0 Å². The summed E-state index contributed by atoms with van der Waals surface area (Å²) in [6.07, 6.45) is 9.67. The highest BCUT2D eigenvalue weighted by atomic mass is 16.5. The quantitative estimate of drug-likeness (QED) is 0.854. The molecule has 6 nitrogen and oxygen atoms in total. The number of nitrogens with zero attached hydrogens (tertiary/aromatic N) is 2. The molecule has 1 spiro atoms. The standard InChI is InChI=1S/C23H27N3O3/c1-28-16-3-4-20-17(11-16)18(13-25-20)22(27)26-8-6-23(7-9-26)14-29-21-5-2-15(12-24)10-19(21)23/h2-5,10-11,13,17-18,20H,6-9,12,14,24H2,1H3. The van der Waals surface area contributed by atoms with Crippen molar-refractivity contribution in [3.05, 3.63) is 53.3 Å². The number of allylic oxidation sites excluding steroid dienone is 1. The molecule has 3 aliphatic heterocycles. The molecular weight excluding hydrogens is 366 g/mol. The number of carbonyl (C=O) groups is 1. The van der Waals surface area contributed by atoms with Crippen LogP contribution in [0.4, 0.5) is 0 Å². The van der Waals surface area contributed by atoms with Crippen molar-refractivity contribution in [1.29, 1.82) is 0 Å². The SMILES string of the molecule is COC1=CC2C(C=C1)N=CC2C(=O)N1CCC2(CC1)COc1ccc(CN)cc12. The topological polar surface area (TPSA) is 77.1 Å². The first kappa shape index (κ1) is 18.4. The van der Waals surface area contributed by atoms with Gasteiger partial charge in [0.2, 0.25) is 5.91 Å². The fraction of sp³-hybridized carbons (Fsp3) is 0.478. The minimum Gasteiger partial charge on any atom is -0.497 e. The third-order valence-corrected chi connectivity index (χ3v) is 6.95. The molecule has 0 radical (unpaired) electrons. The Bertz CT molecular complexity index is 912. The van der Waals surface area contributed by atoms with Gasteiger partial charge in [-0.2, -0.15) is 0 Å². The molecule has 1 fully saturated rings. The molecular formula is C23H27N3O3. The summed E-state index contributed by atoms with van der Waals surface area (Å²) in [4.78, 5) is 19.9. The number of amides is 1. The van der Waals surface area contributed by atoms with Gasteiger partial charge in [0.1, 0.15) is 11.5 Å². The smallest absolute Gasteiger partial charge is 0.231 e. The molecule has 29 heavy (non-hydrogen) atoms. The number of hydrogen-bond donors (Lipinski definition) is 1. The van der Waals surface area contributed by atoms with E-state index in [9.17, 15) is 4.79 Å². The van der Waals surface area contributed by atoms with Crippen molar-refractivity contribution in [2.75, 3.05) is 26.8 Å². The molecule has 1 saturated heterocycles. The Morgan fingerprint density at radius 1 is 1.38 bits per heavy atom. The Hall–Kier alpha value is -2.60. The number of likely N-dealkylation sites (tertiary alicyclic amines) is 1. The fourth-order valence-corrected chi connectivity index (χ4v) is 5.10. The van der Waals surface area contributed by atoms with Gasteiger partial charge in [-0.3, -0.25) is 9.79 Å². The van der Waals surface area contributed by atoms with Crippen LogP contribution in [0.1, 0.15) is 24.0 Å². The highest BCUT2D eigenvalue weighted by molar-refractivity contribution is 5.95.